The lowest BCUT2D eigenvalue weighted by molar-refractivity contribution is -0.128. The van der Waals surface area contributed by atoms with Crippen molar-refractivity contribution in [1.82, 2.24) is 29.7 Å². The van der Waals surface area contributed by atoms with E-state index in [0.29, 0.717) is 35.4 Å². The number of rotatable bonds is 4. The zero-order valence-electron chi connectivity index (χ0n) is 17.5. The molecule has 0 aliphatic carbocycles. The molecule has 0 spiro atoms. The summed E-state index contributed by atoms with van der Waals surface area (Å²) in [5, 5.41) is 0.645. The van der Waals surface area contributed by atoms with Crippen LogP contribution in [-0.2, 0) is 9.53 Å². The summed E-state index contributed by atoms with van der Waals surface area (Å²) < 4.78 is 5.18. The molecular formula is C21H21ClN6O4. The standard InChI is InChI=1S/C21H21ClN6O4/c1-12(2)32-21(31)28-7-5-27(6-8-28)20(30)19(29)13-9-25-18-16(13)14(22)10-26-17(18)15-11-23-3-4-24-15/h3-4,9-12,25H,5-8H2,1-2H3. The number of H-pyrrole nitrogens is 1. The maximum absolute atomic E-state index is 13.1. The normalized spacial score (nSPS) is 14.1. The minimum atomic E-state index is -0.687. The average Bonchev–Trinajstić information content (AvgIpc) is 3.25. The molecule has 11 heteroatoms. The first kappa shape index (κ1) is 21.7. The van der Waals surface area contributed by atoms with E-state index in [-0.39, 0.29) is 29.8 Å². The van der Waals surface area contributed by atoms with Crippen molar-refractivity contribution in [3.8, 4) is 11.4 Å². The molecule has 0 radical (unpaired) electrons. The van der Waals surface area contributed by atoms with Gasteiger partial charge in [-0.25, -0.2) is 4.79 Å². The van der Waals surface area contributed by atoms with Gasteiger partial charge in [0.2, 0.25) is 0 Å². The lowest BCUT2D eigenvalue weighted by atomic mass is 10.1. The van der Waals surface area contributed by atoms with Gasteiger partial charge in [0, 0.05) is 56.4 Å². The zero-order chi connectivity index (χ0) is 22.8. The van der Waals surface area contributed by atoms with Crippen LogP contribution in [0.25, 0.3) is 22.3 Å². The van der Waals surface area contributed by atoms with Crippen LogP contribution in [0.4, 0.5) is 4.79 Å². The third-order valence-corrected chi connectivity index (χ3v) is 5.36. The van der Waals surface area contributed by atoms with Crippen molar-refractivity contribution < 1.29 is 19.1 Å². The van der Waals surface area contributed by atoms with Crippen LogP contribution in [0.15, 0.2) is 31.0 Å². The molecule has 166 valence electrons. The summed E-state index contributed by atoms with van der Waals surface area (Å²) in [5.41, 5.74) is 1.63. The van der Waals surface area contributed by atoms with Crippen molar-refractivity contribution in [3.63, 3.8) is 0 Å². The van der Waals surface area contributed by atoms with Crippen molar-refractivity contribution in [2.45, 2.75) is 20.0 Å². The number of fused-ring (bicyclic) bond motifs is 1. The van der Waals surface area contributed by atoms with E-state index >= 15 is 0 Å². The van der Waals surface area contributed by atoms with E-state index in [1.807, 2.05) is 0 Å². The molecule has 1 saturated heterocycles. The second kappa shape index (κ2) is 8.91. The number of hydrogen-bond acceptors (Lipinski definition) is 7. The van der Waals surface area contributed by atoms with Crippen molar-refractivity contribution >= 4 is 40.3 Å². The molecule has 0 bridgehead atoms. The Bertz CT molecular complexity index is 1170. The minimum absolute atomic E-state index is 0.157. The van der Waals surface area contributed by atoms with Gasteiger partial charge < -0.3 is 19.5 Å². The number of ether oxygens (including phenoxy) is 1. The summed E-state index contributed by atoms with van der Waals surface area (Å²) in [5.74, 6) is -1.34. The molecule has 0 saturated carbocycles. The lowest BCUT2D eigenvalue weighted by Crippen LogP contribution is -2.52. The van der Waals surface area contributed by atoms with Gasteiger partial charge in [0.25, 0.3) is 11.7 Å². The molecule has 3 aromatic heterocycles. The fourth-order valence-corrected chi connectivity index (χ4v) is 3.78. The van der Waals surface area contributed by atoms with Crippen LogP contribution >= 0.6 is 11.6 Å². The topological polar surface area (TPSA) is 121 Å². The Balaban J connectivity index is 1.55. The minimum Gasteiger partial charge on any atom is -0.447 e. The number of hydrogen-bond donors (Lipinski definition) is 1. The van der Waals surface area contributed by atoms with Gasteiger partial charge in [-0.3, -0.25) is 24.5 Å². The van der Waals surface area contributed by atoms with Crippen LogP contribution in [-0.4, -0.2) is 79.8 Å². The molecule has 10 nitrogen and oxygen atoms in total. The number of nitrogens with one attached hydrogen (secondary N) is 1. The van der Waals surface area contributed by atoms with E-state index in [2.05, 4.69) is 19.9 Å². The predicted molar refractivity (Wildman–Crippen MR) is 116 cm³/mol. The van der Waals surface area contributed by atoms with Crippen LogP contribution < -0.4 is 0 Å². The summed E-state index contributed by atoms with van der Waals surface area (Å²) in [6.07, 6.45) is 6.85. The largest absolute Gasteiger partial charge is 0.447 e. The monoisotopic (exact) mass is 456 g/mol. The third-order valence-electron chi connectivity index (χ3n) is 5.07. The number of amides is 2. The number of pyridine rings is 1. The average molecular weight is 457 g/mol. The maximum atomic E-state index is 13.1. The van der Waals surface area contributed by atoms with Crippen molar-refractivity contribution in [2.24, 2.45) is 0 Å². The number of carbonyl (C=O) groups is 3. The van der Waals surface area contributed by atoms with Crippen LogP contribution in [0.5, 0.6) is 0 Å². The van der Waals surface area contributed by atoms with Crippen LogP contribution in [0.2, 0.25) is 5.02 Å². The Labute approximate surface area is 188 Å². The molecule has 1 aliphatic heterocycles. The molecule has 0 aromatic carbocycles. The molecule has 0 atom stereocenters. The Morgan fingerprint density at radius 3 is 2.44 bits per heavy atom. The van der Waals surface area contributed by atoms with Gasteiger partial charge in [-0.1, -0.05) is 11.6 Å². The molecular weight excluding hydrogens is 436 g/mol. The highest BCUT2D eigenvalue weighted by atomic mass is 35.5. The Hall–Kier alpha value is -3.53. The number of nitrogens with zero attached hydrogens (tertiary/aromatic N) is 5. The summed E-state index contributed by atoms with van der Waals surface area (Å²) >= 11 is 6.34. The van der Waals surface area contributed by atoms with Crippen LogP contribution in [0, 0.1) is 0 Å². The van der Waals surface area contributed by atoms with Gasteiger partial charge in [-0.2, -0.15) is 0 Å². The van der Waals surface area contributed by atoms with Gasteiger partial charge in [-0.05, 0) is 13.8 Å². The van der Waals surface area contributed by atoms with Gasteiger partial charge in [-0.15, -0.1) is 0 Å². The number of aromatic nitrogens is 4. The number of halogens is 1. The van der Waals surface area contributed by atoms with E-state index in [1.54, 1.807) is 26.2 Å². The number of ketones is 1. The van der Waals surface area contributed by atoms with Gasteiger partial charge in [0.05, 0.1) is 28.4 Å². The molecule has 0 unspecified atom stereocenters. The molecule has 1 fully saturated rings. The summed E-state index contributed by atoms with van der Waals surface area (Å²) in [6, 6.07) is 0. The smallest absolute Gasteiger partial charge is 0.410 e. The SMILES string of the molecule is CC(C)OC(=O)N1CCN(C(=O)C(=O)c2c[nH]c3c(-c4cnccn4)ncc(Cl)c23)CC1. The summed E-state index contributed by atoms with van der Waals surface area (Å²) in [6.45, 7) is 4.60. The molecule has 3 aromatic rings. The molecule has 4 heterocycles. The fourth-order valence-electron chi connectivity index (χ4n) is 3.53. The maximum Gasteiger partial charge on any atom is 0.410 e. The molecule has 4 rings (SSSR count). The van der Waals surface area contributed by atoms with Gasteiger partial charge in [0.15, 0.2) is 0 Å². The first-order valence-electron chi connectivity index (χ1n) is 10.1. The Kier molecular flexibility index (Phi) is 6.04. The van der Waals surface area contributed by atoms with Crippen molar-refractivity contribution in [3.05, 3.63) is 41.6 Å². The van der Waals surface area contributed by atoms with E-state index in [0.717, 1.165) is 0 Å². The lowest BCUT2D eigenvalue weighted by Gasteiger charge is -2.34. The first-order chi connectivity index (χ1) is 15.4. The fraction of sp³-hybridized carbons (Fsp3) is 0.333. The van der Waals surface area contributed by atoms with Crippen LogP contribution in [0.1, 0.15) is 24.2 Å². The second-order valence-electron chi connectivity index (χ2n) is 7.54. The zero-order valence-corrected chi connectivity index (χ0v) is 18.3. The van der Waals surface area contributed by atoms with Crippen molar-refractivity contribution in [2.75, 3.05) is 26.2 Å². The van der Waals surface area contributed by atoms with E-state index < -0.39 is 17.8 Å². The number of Topliss-reactive ketones (excluding diaryl/α,β-unsaturated/α-hetero) is 1. The molecule has 1 aliphatic rings. The second-order valence-corrected chi connectivity index (χ2v) is 7.95. The highest BCUT2D eigenvalue weighted by Gasteiger charge is 2.31. The quantitative estimate of drug-likeness (QED) is 0.473. The van der Waals surface area contributed by atoms with Gasteiger partial charge in [0.1, 0.15) is 11.4 Å². The predicted octanol–water partition coefficient (Wildman–Crippen LogP) is 2.55. The number of aromatic amines is 1. The van der Waals surface area contributed by atoms with Crippen molar-refractivity contribution in [1.29, 1.82) is 0 Å². The Morgan fingerprint density at radius 1 is 1.06 bits per heavy atom. The number of carbonyl (C=O) groups excluding carboxylic acids is 3. The number of piperazine rings is 1. The van der Waals surface area contributed by atoms with Gasteiger partial charge >= 0.3 is 6.09 Å². The van der Waals surface area contributed by atoms with E-state index in [1.165, 1.54) is 28.4 Å². The Morgan fingerprint density at radius 2 is 1.78 bits per heavy atom. The highest BCUT2D eigenvalue weighted by molar-refractivity contribution is 6.47. The van der Waals surface area contributed by atoms with E-state index in [4.69, 9.17) is 16.3 Å². The third kappa shape index (κ3) is 4.13. The first-order valence-corrected chi connectivity index (χ1v) is 10.5. The highest BCUT2D eigenvalue weighted by Crippen LogP contribution is 2.32. The molecule has 2 amide bonds. The molecule has 1 N–H and O–H groups in total. The molecule has 32 heavy (non-hydrogen) atoms. The van der Waals surface area contributed by atoms with Crippen LogP contribution in [0.3, 0.4) is 0 Å². The summed E-state index contributed by atoms with van der Waals surface area (Å²) in [4.78, 5) is 56.5. The summed E-state index contributed by atoms with van der Waals surface area (Å²) in [7, 11) is 0. The van der Waals surface area contributed by atoms with E-state index in [9.17, 15) is 14.4 Å².